The van der Waals surface area contributed by atoms with Gasteiger partial charge in [-0.1, -0.05) is 24.3 Å². The molecule has 0 amide bonds. The Morgan fingerprint density at radius 2 is 1.43 bits per heavy atom. The number of phenolic OH excluding ortho intramolecular Hbond substituents is 2. The molecule has 0 aliphatic rings. The first kappa shape index (κ1) is 19.3. The number of aliphatic hydroxyl groups is 1. The summed E-state index contributed by atoms with van der Waals surface area (Å²) in [4.78, 5) is 2.10. The van der Waals surface area contributed by atoms with E-state index in [0.29, 0.717) is 6.54 Å². The van der Waals surface area contributed by atoms with Crippen molar-refractivity contribution in [2.24, 2.45) is 0 Å². The molecule has 0 heterocycles. The minimum absolute atomic E-state index is 0. The fourth-order valence-corrected chi connectivity index (χ4v) is 2.40. The Kier molecular flexibility index (Phi) is 7.89. The predicted molar refractivity (Wildman–Crippen MR) is 94.2 cm³/mol. The molecule has 23 heavy (non-hydrogen) atoms. The fraction of sp³-hybridized carbons (Fsp3) is 0.333. The minimum atomic E-state index is -0.556. The van der Waals surface area contributed by atoms with E-state index in [-0.39, 0.29) is 23.9 Å². The summed E-state index contributed by atoms with van der Waals surface area (Å²) in [5.41, 5.74) is 2.01. The molecular weight excluding hydrogens is 314 g/mol. The molecule has 0 bridgehead atoms. The highest BCUT2D eigenvalue weighted by Crippen LogP contribution is 2.17. The number of benzene rings is 2. The van der Waals surface area contributed by atoms with Gasteiger partial charge in [-0.05, 0) is 61.8 Å². The number of aliphatic hydroxyl groups excluding tert-OH is 1. The van der Waals surface area contributed by atoms with Gasteiger partial charge in [0.1, 0.15) is 11.5 Å². The molecule has 2 aromatic rings. The van der Waals surface area contributed by atoms with Gasteiger partial charge in [-0.25, -0.2) is 0 Å². The summed E-state index contributed by atoms with van der Waals surface area (Å²) in [7, 11) is 1.99. The summed E-state index contributed by atoms with van der Waals surface area (Å²) in [6.07, 6.45) is 1.38. The molecule has 2 rings (SSSR count). The molecule has 0 spiro atoms. The molecule has 5 heteroatoms. The number of phenols is 2. The normalized spacial score (nSPS) is 12.0. The van der Waals surface area contributed by atoms with Crippen molar-refractivity contribution in [1.29, 1.82) is 0 Å². The van der Waals surface area contributed by atoms with E-state index in [1.165, 1.54) is 5.56 Å². The van der Waals surface area contributed by atoms with Crippen molar-refractivity contribution in [3.05, 3.63) is 59.7 Å². The Morgan fingerprint density at radius 1 is 0.913 bits per heavy atom. The van der Waals surface area contributed by atoms with Gasteiger partial charge in [0.05, 0.1) is 6.10 Å². The van der Waals surface area contributed by atoms with E-state index >= 15 is 0 Å². The summed E-state index contributed by atoms with van der Waals surface area (Å²) in [5, 5.41) is 28.7. The van der Waals surface area contributed by atoms with Crippen molar-refractivity contribution in [2.45, 2.75) is 18.9 Å². The number of aryl methyl sites for hydroxylation is 1. The molecule has 0 aromatic heterocycles. The van der Waals surface area contributed by atoms with E-state index in [4.69, 9.17) is 0 Å². The van der Waals surface area contributed by atoms with Crippen LogP contribution in [0.4, 0.5) is 0 Å². The Bertz CT molecular complexity index is 572. The van der Waals surface area contributed by atoms with Gasteiger partial charge in [0.2, 0.25) is 0 Å². The highest BCUT2D eigenvalue weighted by molar-refractivity contribution is 5.85. The van der Waals surface area contributed by atoms with Crippen LogP contribution in [0, 0.1) is 0 Å². The van der Waals surface area contributed by atoms with Crippen LogP contribution in [0.15, 0.2) is 48.5 Å². The van der Waals surface area contributed by atoms with Crippen LogP contribution >= 0.6 is 12.4 Å². The lowest BCUT2D eigenvalue weighted by Gasteiger charge is -2.20. The Hall–Kier alpha value is -1.75. The third kappa shape index (κ3) is 6.48. The van der Waals surface area contributed by atoms with Crippen molar-refractivity contribution in [3.8, 4) is 11.5 Å². The molecule has 4 nitrogen and oxygen atoms in total. The molecule has 0 saturated heterocycles. The average Bonchev–Trinajstić information content (AvgIpc) is 2.50. The quantitative estimate of drug-likeness (QED) is 0.726. The van der Waals surface area contributed by atoms with E-state index in [1.54, 1.807) is 36.4 Å². The zero-order valence-corrected chi connectivity index (χ0v) is 14.0. The Labute approximate surface area is 143 Å². The maximum atomic E-state index is 10.2. The van der Waals surface area contributed by atoms with Crippen molar-refractivity contribution in [3.63, 3.8) is 0 Å². The highest BCUT2D eigenvalue weighted by Gasteiger charge is 2.10. The summed E-state index contributed by atoms with van der Waals surface area (Å²) in [6.45, 7) is 1.44. The van der Waals surface area contributed by atoms with Crippen molar-refractivity contribution < 1.29 is 15.3 Å². The topological polar surface area (TPSA) is 63.9 Å². The van der Waals surface area contributed by atoms with Crippen LogP contribution in [0.5, 0.6) is 11.5 Å². The summed E-state index contributed by atoms with van der Waals surface area (Å²) in [5.74, 6) is 0.496. The third-order valence-electron chi connectivity index (χ3n) is 3.70. The highest BCUT2D eigenvalue weighted by atomic mass is 35.5. The van der Waals surface area contributed by atoms with Gasteiger partial charge in [-0.15, -0.1) is 12.4 Å². The summed E-state index contributed by atoms with van der Waals surface area (Å²) >= 11 is 0. The van der Waals surface area contributed by atoms with Crippen molar-refractivity contribution in [1.82, 2.24) is 4.90 Å². The number of hydrogen-bond acceptors (Lipinski definition) is 4. The summed E-state index contributed by atoms with van der Waals surface area (Å²) in [6, 6.07) is 13.9. The van der Waals surface area contributed by atoms with Gasteiger partial charge in [-0.3, -0.25) is 0 Å². The maximum absolute atomic E-state index is 10.2. The van der Waals surface area contributed by atoms with E-state index in [1.807, 2.05) is 19.2 Å². The van der Waals surface area contributed by atoms with Gasteiger partial charge in [0, 0.05) is 6.54 Å². The molecule has 1 atom stereocenters. The number of aromatic hydroxyl groups is 2. The van der Waals surface area contributed by atoms with Crippen LogP contribution < -0.4 is 0 Å². The largest absolute Gasteiger partial charge is 0.508 e. The lowest BCUT2D eigenvalue weighted by molar-refractivity contribution is 0.126. The predicted octanol–water partition coefficient (Wildman–Crippen LogP) is 3.12. The van der Waals surface area contributed by atoms with E-state index < -0.39 is 6.10 Å². The minimum Gasteiger partial charge on any atom is -0.508 e. The lowest BCUT2D eigenvalue weighted by atomic mass is 10.1. The SMILES string of the molecule is CN(CCCc1ccc(O)cc1)C[C@H](O)c1ccc(O)cc1.Cl. The molecule has 0 unspecified atom stereocenters. The van der Waals surface area contributed by atoms with Crippen LogP contribution in [0.1, 0.15) is 23.7 Å². The van der Waals surface area contributed by atoms with Gasteiger partial charge in [0.15, 0.2) is 0 Å². The maximum Gasteiger partial charge on any atom is 0.115 e. The standard InChI is InChI=1S/C18H23NO3.ClH/c1-19(12-2-3-14-4-8-16(20)9-5-14)13-18(22)15-6-10-17(21)11-7-15;/h4-11,18,20-22H,2-3,12-13H2,1H3;1H/t18-;/m0./s1. The first-order valence-corrected chi connectivity index (χ1v) is 7.48. The molecule has 0 radical (unpaired) electrons. The monoisotopic (exact) mass is 337 g/mol. The Morgan fingerprint density at radius 3 is 2.00 bits per heavy atom. The van der Waals surface area contributed by atoms with E-state index in [0.717, 1.165) is 24.9 Å². The lowest BCUT2D eigenvalue weighted by Crippen LogP contribution is -2.26. The number of nitrogens with zero attached hydrogens (tertiary/aromatic N) is 1. The molecule has 2 aromatic carbocycles. The first-order valence-electron chi connectivity index (χ1n) is 7.48. The number of likely N-dealkylation sites (N-methyl/N-ethyl adjacent to an activating group) is 1. The smallest absolute Gasteiger partial charge is 0.115 e. The van der Waals surface area contributed by atoms with Crippen LogP contribution in [-0.2, 0) is 6.42 Å². The van der Waals surface area contributed by atoms with Crippen LogP contribution in [0.2, 0.25) is 0 Å². The molecule has 0 aliphatic carbocycles. The van der Waals surface area contributed by atoms with Gasteiger partial charge in [0.25, 0.3) is 0 Å². The Balaban J connectivity index is 0.00000264. The zero-order chi connectivity index (χ0) is 15.9. The van der Waals surface area contributed by atoms with Crippen molar-refractivity contribution in [2.75, 3.05) is 20.1 Å². The van der Waals surface area contributed by atoms with E-state index in [2.05, 4.69) is 4.90 Å². The molecule has 0 aliphatic heterocycles. The van der Waals surface area contributed by atoms with Crippen LogP contribution in [-0.4, -0.2) is 40.4 Å². The van der Waals surface area contributed by atoms with E-state index in [9.17, 15) is 15.3 Å². The zero-order valence-electron chi connectivity index (χ0n) is 13.2. The summed E-state index contributed by atoms with van der Waals surface area (Å²) < 4.78 is 0. The number of halogens is 1. The molecule has 0 fully saturated rings. The second-order valence-electron chi connectivity index (χ2n) is 5.64. The van der Waals surface area contributed by atoms with Crippen molar-refractivity contribution >= 4 is 12.4 Å². The average molecular weight is 338 g/mol. The molecule has 3 N–H and O–H groups in total. The molecular formula is C18H24ClNO3. The van der Waals surface area contributed by atoms with Gasteiger partial charge < -0.3 is 20.2 Å². The van der Waals surface area contributed by atoms with Gasteiger partial charge in [-0.2, -0.15) is 0 Å². The fourth-order valence-electron chi connectivity index (χ4n) is 2.40. The molecule has 0 saturated carbocycles. The number of rotatable bonds is 7. The van der Waals surface area contributed by atoms with Crippen LogP contribution in [0.25, 0.3) is 0 Å². The number of hydrogen-bond donors (Lipinski definition) is 3. The second-order valence-corrected chi connectivity index (χ2v) is 5.64. The second kappa shape index (κ2) is 9.40. The third-order valence-corrected chi connectivity index (χ3v) is 3.70. The first-order chi connectivity index (χ1) is 10.5. The van der Waals surface area contributed by atoms with Crippen LogP contribution in [0.3, 0.4) is 0 Å². The van der Waals surface area contributed by atoms with Gasteiger partial charge >= 0.3 is 0 Å². The molecule has 126 valence electrons.